The van der Waals surface area contributed by atoms with Crippen LogP contribution < -0.4 is 0 Å². The van der Waals surface area contributed by atoms with E-state index in [0.717, 1.165) is 0 Å². The predicted octanol–water partition coefficient (Wildman–Crippen LogP) is 3.05. The smallest absolute Gasteiger partial charge is 0.393 e. The largest absolute Gasteiger partial charge is 0.478 e. The van der Waals surface area contributed by atoms with Crippen molar-refractivity contribution in [3.8, 4) is 0 Å². The van der Waals surface area contributed by atoms with Crippen LogP contribution >= 0.6 is 0 Å². The maximum atomic E-state index is 12.2. The van der Waals surface area contributed by atoms with E-state index in [0.29, 0.717) is 12.0 Å². The number of aryl methyl sites for hydroxylation is 1. The molecule has 0 radical (unpaired) electrons. The van der Waals surface area contributed by atoms with E-state index in [1.807, 2.05) is 6.92 Å². The van der Waals surface area contributed by atoms with E-state index in [1.165, 1.54) is 18.2 Å². The Labute approximate surface area is 90.7 Å². The highest BCUT2D eigenvalue weighted by molar-refractivity contribution is 5.89. The molecule has 1 N–H and O–H groups in total. The molecule has 88 valence electrons. The highest BCUT2D eigenvalue weighted by atomic mass is 19.4. The first kappa shape index (κ1) is 12.5. The first-order valence-electron chi connectivity index (χ1n) is 4.75. The van der Waals surface area contributed by atoms with Crippen molar-refractivity contribution in [2.24, 2.45) is 0 Å². The minimum atomic E-state index is -4.39. The van der Waals surface area contributed by atoms with Gasteiger partial charge in [-0.25, -0.2) is 4.79 Å². The van der Waals surface area contributed by atoms with Crippen LogP contribution in [-0.2, 0) is 12.8 Å². The van der Waals surface area contributed by atoms with E-state index in [2.05, 4.69) is 0 Å². The number of benzene rings is 1. The minimum Gasteiger partial charge on any atom is -0.478 e. The Morgan fingerprint density at radius 2 is 2.00 bits per heavy atom. The van der Waals surface area contributed by atoms with E-state index in [1.54, 1.807) is 0 Å². The summed E-state index contributed by atoms with van der Waals surface area (Å²) >= 11 is 0. The summed E-state index contributed by atoms with van der Waals surface area (Å²) < 4.78 is 36.5. The molecule has 5 heteroatoms. The third-order valence-electron chi connectivity index (χ3n) is 2.20. The zero-order valence-corrected chi connectivity index (χ0v) is 8.64. The number of hydrogen-bond donors (Lipinski definition) is 1. The number of alkyl halides is 3. The van der Waals surface area contributed by atoms with E-state index in [4.69, 9.17) is 5.11 Å². The third-order valence-corrected chi connectivity index (χ3v) is 2.20. The van der Waals surface area contributed by atoms with Crippen molar-refractivity contribution in [3.05, 3.63) is 34.9 Å². The molecule has 0 aromatic heterocycles. The topological polar surface area (TPSA) is 37.3 Å². The molecule has 0 fully saturated rings. The molecule has 0 bridgehead atoms. The molecule has 0 atom stereocenters. The fourth-order valence-electron chi connectivity index (χ4n) is 1.41. The van der Waals surface area contributed by atoms with E-state index in [9.17, 15) is 18.0 Å². The second-order valence-electron chi connectivity index (χ2n) is 3.44. The van der Waals surface area contributed by atoms with E-state index < -0.39 is 18.6 Å². The summed E-state index contributed by atoms with van der Waals surface area (Å²) in [6.07, 6.45) is -5.01. The number of halogens is 3. The van der Waals surface area contributed by atoms with Gasteiger partial charge in [0.15, 0.2) is 0 Å². The molecule has 0 heterocycles. The van der Waals surface area contributed by atoms with Gasteiger partial charge in [0, 0.05) is 0 Å². The van der Waals surface area contributed by atoms with Crippen molar-refractivity contribution in [1.82, 2.24) is 0 Å². The normalized spacial score (nSPS) is 11.5. The summed E-state index contributed by atoms with van der Waals surface area (Å²) in [6, 6.07) is 4.05. The molecule has 16 heavy (non-hydrogen) atoms. The van der Waals surface area contributed by atoms with Gasteiger partial charge in [-0.05, 0) is 23.6 Å². The number of rotatable bonds is 3. The van der Waals surface area contributed by atoms with Gasteiger partial charge in [0.25, 0.3) is 0 Å². The zero-order valence-electron chi connectivity index (χ0n) is 8.64. The Balaban J connectivity index is 3.13. The lowest BCUT2D eigenvalue weighted by molar-refractivity contribution is -0.127. The van der Waals surface area contributed by atoms with Crippen LogP contribution in [0, 0.1) is 0 Å². The van der Waals surface area contributed by atoms with Gasteiger partial charge in [0.1, 0.15) is 0 Å². The molecule has 0 aliphatic rings. The Bertz CT molecular complexity index is 397. The van der Waals surface area contributed by atoms with E-state index >= 15 is 0 Å². The standard InChI is InChI=1S/C11H11F3O2/c1-2-7-3-4-8(6-11(12,13)14)9(5-7)10(15)16/h3-5H,2,6H2,1H3,(H,15,16). The molecule has 0 amide bonds. The predicted molar refractivity (Wildman–Crippen MR) is 52.5 cm³/mol. The van der Waals surface area contributed by atoms with Crippen LogP contribution in [0.5, 0.6) is 0 Å². The number of carboxylic acids is 1. The SMILES string of the molecule is CCc1ccc(CC(F)(F)F)c(C(=O)O)c1. The summed E-state index contributed by atoms with van der Waals surface area (Å²) in [6.45, 7) is 1.81. The number of hydrogen-bond acceptors (Lipinski definition) is 1. The molecule has 1 aromatic rings. The lowest BCUT2D eigenvalue weighted by Crippen LogP contribution is -2.15. The average Bonchev–Trinajstić information content (AvgIpc) is 2.15. The van der Waals surface area contributed by atoms with Gasteiger partial charge in [0.2, 0.25) is 0 Å². The van der Waals surface area contributed by atoms with Crippen molar-refractivity contribution in [2.75, 3.05) is 0 Å². The van der Waals surface area contributed by atoms with Crippen molar-refractivity contribution < 1.29 is 23.1 Å². The molecular weight excluding hydrogens is 221 g/mol. The van der Waals surface area contributed by atoms with Crippen LogP contribution in [0.25, 0.3) is 0 Å². The van der Waals surface area contributed by atoms with Gasteiger partial charge in [0.05, 0.1) is 12.0 Å². The van der Waals surface area contributed by atoms with Crippen LogP contribution in [-0.4, -0.2) is 17.3 Å². The average molecular weight is 232 g/mol. The first-order chi connectivity index (χ1) is 7.33. The summed E-state index contributed by atoms with van der Waals surface area (Å²) in [5.74, 6) is -1.32. The highest BCUT2D eigenvalue weighted by Gasteiger charge is 2.29. The lowest BCUT2D eigenvalue weighted by Gasteiger charge is -2.10. The second-order valence-corrected chi connectivity index (χ2v) is 3.44. The van der Waals surface area contributed by atoms with Gasteiger partial charge < -0.3 is 5.11 Å². The number of aromatic carboxylic acids is 1. The number of carboxylic acid groups (broad SMARTS) is 1. The molecule has 1 rings (SSSR count). The lowest BCUT2D eigenvalue weighted by atomic mass is 10.0. The molecule has 0 saturated carbocycles. The van der Waals surface area contributed by atoms with Crippen molar-refractivity contribution in [1.29, 1.82) is 0 Å². The van der Waals surface area contributed by atoms with Gasteiger partial charge in [-0.3, -0.25) is 0 Å². The zero-order chi connectivity index (χ0) is 12.3. The highest BCUT2D eigenvalue weighted by Crippen LogP contribution is 2.24. The molecule has 2 nitrogen and oxygen atoms in total. The quantitative estimate of drug-likeness (QED) is 0.869. The van der Waals surface area contributed by atoms with Gasteiger partial charge in [-0.1, -0.05) is 19.1 Å². The maximum absolute atomic E-state index is 12.2. The summed E-state index contributed by atoms with van der Waals surface area (Å²) in [5.41, 5.74) is 0.247. The molecule has 0 spiro atoms. The fourth-order valence-corrected chi connectivity index (χ4v) is 1.41. The van der Waals surface area contributed by atoms with Crippen LogP contribution in [0.2, 0.25) is 0 Å². The molecule has 0 unspecified atom stereocenters. The van der Waals surface area contributed by atoms with Gasteiger partial charge in [-0.15, -0.1) is 0 Å². The Morgan fingerprint density at radius 3 is 2.44 bits per heavy atom. The molecular formula is C11H11F3O2. The summed E-state index contributed by atoms with van der Waals surface area (Å²) in [7, 11) is 0. The molecule has 1 aromatic carbocycles. The van der Waals surface area contributed by atoms with Crippen LogP contribution in [0.1, 0.15) is 28.4 Å². The van der Waals surface area contributed by atoms with Crippen LogP contribution in [0.3, 0.4) is 0 Å². The van der Waals surface area contributed by atoms with Crippen LogP contribution in [0.15, 0.2) is 18.2 Å². The van der Waals surface area contributed by atoms with Gasteiger partial charge in [-0.2, -0.15) is 13.2 Å². The Morgan fingerprint density at radius 1 is 1.38 bits per heavy atom. The van der Waals surface area contributed by atoms with E-state index in [-0.39, 0.29) is 11.1 Å². The van der Waals surface area contributed by atoms with Crippen molar-refractivity contribution in [3.63, 3.8) is 0 Å². The minimum absolute atomic E-state index is 0.197. The second kappa shape index (κ2) is 4.55. The fraction of sp³-hybridized carbons (Fsp3) is 0.364. The Kier molecular flexibility index (Phi) is 3.57. The van der Waals surface area contributed by atoms with Crippen molar-refractivity contribution in [2.45, 2.75) is 25.9 Å². The molecule has 0 aliphatic carbocycles. The third kappa shape index (κ3) is 3.25. The van der Waals surface area contributed by atoms with Crippen LogP contribution in [0.4, 0.5) is 13.2 Å². The first-order valence-corrected chi connectivity index (χ1v) is 4.75. The monoisotopic (exact) mass is 232 g/mol. The summed E-state index contributed by atoms with van der Waals surface area (Å²) in [5, 5.41) is 8.82. The molecule has 0 saturated heterocycles. The number of carbonyl (C=O) groups is 1. The van der Waals surface area contributed by atoms with Gasteiger partial charge >= 0.3 is 12.1 Å². The van der Waals surface area contributed by atoms with Crippen molar-refractivity contribution >= 4 is 5.97 Å². The maximum Gasteiger partial charge on any atom is 0.393 e. The molecule has 0 aliphatic heterocycles. The summed E-state index contributed by atoms with van der Waals surface area (Å²) in [4.78, 5) is 10.8. The Hall–Kier alpha value is -1.52.